The lowest BCUT2D eigenvalue weighted by atomic mass is 10.00. The first-order valence-corrected chi connectivity index (χ1v) is 8.63. The minimum atomic E-state index is -0.231. The van der Waals surface area contributed by atoms with Crippen molar-refractivity contribution in [3.63, 3.8) is 0 Å². The normalized spacial score (nSPS) is 21.7. The van der Waals surface area contributed by atoms with E-state index in [2.05, 4.69) is 16.0 Å². The largest absolute Gasteiger partial charge is 0.496 e. The van der Waals surface area contributed by atoms with Gasteiger partial charge in [0.05, 0.1) is 24.9 Å². The third-order valence-corrected chi connectivity index (χ3v) is 5.36. The van der Waals surface area contributed by atoms with Gasteiger partial charge in [0.25, 0.3) is 0 Å². The van der Waals surface area contributed by atoms with E-state index in [1.54, 1.807) is 19.6 Å². The monoisotopic (exact) mass is 325 g/mol. The highest BCUT2D eigenvalue weighted by Gasteiger charge is 2.53. The van der Waals surface area contributed by atoms with E-state index in [4.69, 9.17) is 4.74 Å². The third-order valence-electron chi connectivity index (χ3n) is 5.36. The van der Waals surface area contributed by atoms with E-state index in [0.717, 1.165) is 50.1 Å². The first-order chi connectivity index (χ1) is 11.7. The number of para-hydroxylation sites is 1. The zero-order valence-electron chi connectivity index (χ0n) is 14.0. The van der Waals surface area contributed by atoms with Gasteiger partial charge in [0.15, 0.2) is 0 Å². The smallest absolute Gasteiger partial charge is 0.231 e. The molecule has 2 aromatic rings. The fourth-order valence-corrected chi connectivity index (χ4v) is 3.90. The van der Waals surface area contributed by atoms with Gasteiger partial charge in [-0.05, 0) is 31.7 Å². The Balaban J connectivity index is 1.57. The summed E-state index contributed by atoms with van der Waals surface area (Å²) in [6, 6.07) is 8.20. The van der Waals surface area contributed by atoms with Crippen LogP contribution >= 0.6 is 0 Å². The number of aromatic nitrogens is 2. The zero-order valence-corrected chi connectivity index (χ0v) is 14.0. The van der Waals surface area contributed by atoms with E-state index in [0.29, 0.717) is 5.91 Å². The van der Waals surface area contributed by atoms with Crippen molar-refractivity contribution < 1.29 is 9.53 Å². The van der Waals surface area contributed by atoms with Gasteiger partial charge < -0.3 is 14.2 Å². The molecule has 2 heterocycles. The Morgan fingerprint density at radius 1 is 1.38 bits per heavy atom. The highest BCUT2D eigenvalue weighted by Crippen LogP contribution is 2.51. The van der Waals surface area contributed by atoms with Gasteiger partial charge in [-0.1, -0.05) is 18.2 Å². The van der Waals surface area contributed by atoms with E-state index in [1.807, 2.05) is 29.0 Å². The number of carbonyl (C=O) groups excluding carboxylic acids is 1. The lowest BCUT2D eigenvalue weighted by molar-refractivity contribution is -0.138. The molecule has 1 aliphatic carbocycles. The first-order valence-electron chi connectivity index (χ1n) is 8.63. The van der Waals surface area contributed by atoms with E-state index >= 15 is 0 Å². The Bertz CT molecular complexity index is 722. The van der Waals surface area contributed by atoms with Crippen LogP contribution in [0.25, 0.3) is 0 Å². The van der Waals surface area contributed by atoms with Crippen molar-refractivity contribution in [2.24, 2.45) is 5.41 Å². The summed E-state index contributed by atoms with van der Waals surface area (Å²) in [7, 11) is 1.70. The van der Waals surface area contributed by atoms with Crippen LogP contribution in [0.15, 0.2) is 43.0 Å². The molecule has 2 fully saturated rings. The van der Waals surface area contributed by atoms with Crippen LogP contribution in [0.4, 0.5) is 0 Å². The number of carbonyl (C=O) groups is 1. The van der Waals surface area contributed by atoms with Gasteiger partial charge in [0.1, 0.15) is 5.75 Å². The molecule has 1 aromatic carbocycles. The lowest BCUT2D eigenvalue weighted by Crippen LogP contribution is -2.38. The highest BCUT2D eigenvalue weighted by atomic mass is 16.5. The molecule has 2 aliphatic rings. The number of rotatable bonds is 5. The molecule has 1 atom stereocenters. The average molecular weight is 325 g/mol. The molecule has 5 heteroatoms. The van der Waals surface area contributed by atoms with Crippen LogP contribution in [0.3, 0.4) is 0 Å². The van der Waals surface area contributed by atoms with Gasteiger partial charge in [0, 0.05) is 31.0 Å². The Labute approximate surface area is 142 Å². The number of nitrogens with zero attached hydrogens (tertiary/aromatic N) is 3. The average Bonchev–Trinajstić information content (AvgIpc) is 3.02. The predicted molar refractivity (Wildman–Crippen MR) is 90.6 cm³/mol. The van der Waals surface area contributed by atoms with Crippen LogP contribution < -0.4 is 4.74 Å². The summed E-state index contributed by atoms with van der Waals surface area (Å²) in [6.07, 6.45) is 9.51. The number of amides is 1. The molecule has 5 nitrogen and oxygen atoms in total. The van der Waals surface area contributed by atoms with Crippen molar-refractivity contribution in [3.05, 3.63) is 48.5 Å². The molecule has 24 heavy (non-hydrogen) atoms. The number of benzene rings is 1. The predicted octanol–water partition coefficient (Wildman–Crippen LogP) is 3.04. The molecular weight excluding hydrogens is 302 g/mol. The van der Waals surface area contributed by atoms with Crippen LogP contribution in [0.1, 0.15) is 37.3 Å². The summed E-state index contributed by atoms with van der Waals surface area (Å²) in [6.45, 7) is 1.58. The van der Waals surface area contributed by atoms with Crippen LogP contribution in [-0.2, 0) is 11.3 Å². The number of methoxy groups -OCH3 is 1. The SMILES string of the molecule is COc1ccccc1[C@H]1CCCN1C(=O)C1(Cn2ccnc2)CC1. The molecule has 0 unspecified atom stereocenters. The molecule has 0 radical (unpaired) electrons. The summed E-state index contributed by atoms with van der Waals surface area (Å²) in [5.74, 6) is 1.17. The molecule has 1 aromatic heterocycles. The Hall–Kier alpha value is -2.30. The maximum absolute atomic E-state index is 13.3. The Morgan fingerprint density at radius 3 is 2.92 bits per heavy atom. The second kappa shape index (κ2) is 5.96. The summed E-state index contributed by atoms with van der Waals surface area (Å²) >= 11 is 0. The fourth-order valence-electron chi connectivity index (χ4n) is 3.90. The van der Waals surface area contributed by atoms with Gasteiger partial charge in [-0.25, -0.2) is 4.98 Å². The van der Waals surface area contributed by atoms with Crippen molar-refractivity contribution in [2.45, 2.75) is 38.3 Å². The minimum Gasteiger partial charge on any atom is -0.496 e. The maximum Gasteiger partial charge on any atom is 0.231 e. The van der Waals surface area contributed by atoms with Gasteiger partial charge in [-0.3, -0.25) is 4.79 Å². The van der Waals surface area contributed by atoms with E-state index in [1.165, 1.54) is 0 Å². The number of ether oxygens (including phenoxy) is 1. The molecule has 4 rings (SSSR count). The second-order valence-electron chi connectivity index (χ2n) is 6.91. The van der Waals surface area contributed by atoms with Crippen LogP contribution in [0.5, 0.6) is 5.75 Å². The van der Waals surface area contributed by atoms with Gasteiger partial charge >= 0.3 is 0 Å². The number of hydrogen-bond acceptors (Lipinski definition) is 3. The third kappa shape index (κ3) is 2.58. The van der Waals surface area contributed by atoms with Crippen molar-refractivity contribution in [2.75, 3.05) is 13.7 Å². The van der Waals surface area contributed by atoms with Crippen LogP contribution in [0.2, 0.25) is 0 Å². The van der Waals surface area contributed by atoms with E-state index < -0.39 is 0 Å². The quantitative estimate of drug-likeness (QED) is 0.849. The molecule has 0 N–H and O–H groups in total. The summed E-state index contributed by atoms with van der Waals surface area (Å²) in [5, 5.41) is 0. The van der Waals surface area contributed by atoms with Crippen molar-refractivity contribution in [3.8, 4) is 5.75 Å². The highest BCUT2D eigenvalue weighted by molar-refractivity contribution is 5.86. The summed E-state index contributed by atoms with van der Waals surface area (Å²) in [4.78, 5) is 19.5. The lowest BCUT2D eigenvalue weighted by Gasteiger charge is -2.30. The zero-order chi connectivity index (χ0) is 16.6. The number of likely N-dealkylation sites (tertiary alicyclic amines) is 1. The fraction of sp³-hybridized carbons (Fsp3) is 0.474. The van der Waals surface area contributed by atoms with Gasteiger partial charge in [0.2, 0.25) is 5.91 Å². The summed E-state index contributed by atoms with van der Waals surface area (Å²) < 4.78 is 7.55. The standard InChI is InChI=1S/C19H23N3O2/c1-24-17-7-3-2-5-15(17)16-6-4-11-22(16)18(23)19(8-9-19)13-21-12-10-20-14-21/h2-3,5,7,10,12,14,16H,4,6,8-9,11,13H2,1H3/t16-/m1/s1. The Kier molecular flexibility index (Phi) is 3.79. The van der Waals surface area contributed by atoms with Crippen LogP contribution in [0, 0.1) is 5.41 Å². The summed E-state index contributed by atoms with van der Waals surface area (Å²) in [5.41, 5.74) is 0.898. The molecule has 0 spiro atoms. The molecule has 1 saturated carbocycles. The Morgan fingerprint density at radius 2 is 2.21 bits per heavy atom. The molecule has 1 amide bonds. The topological polar surface area (TPSA) is 47.4 Å². The molecule has 0 bridgehead atoms. The van der Waals surface area contributed by atoms with Gasteiger partial charge in [-0.2, -0.15) is 0 Å². The van der Waals surface area contributed by atoms with Crippen molar-refractivity contribution >= 4 is 5.91 Å². The molecule has 1 aliphatic heterocycles. The maximum atomic E-state index is 13.3. The van der Waals surface area contributed by atoms with E-state index in [9.17, 15) is 4.79 Å². The molecule has 1 saturated heterocycles. The number of hydrogen-bond donors (Lipinski definition) is 0. The van der Waals surface area contributed by atoms with Crippen molar-refractivity contribution in [1.29, 1.82) is 0 Å². The number of imidazole rings is 1. The van der Waals surface area contributed by atoms with Gasteiger partial charge in [-0.15, -0.1) is 0 Å². The molecular formula is C19H23N3O2. The molecule has 126 valence electrons. The second-order valence-corrected chi connectivity index (χ2v) is 6.91. The first kappa shape index (κ1) is 15.2. The van der Waals surface area contributed by atoms with E-state index in [-0.39, 0.29) is 11.5 Å². The van der Waals surface area contributed by atoms with Crippen molar-refractivity contribution in [1.82, 2.24) is 14.5 Å². The minimum absolute atomic E-state index is 0.133. The van der Waals surface area contributed by atoms with Crippen LogP contribution in [-0.4, -0.2) is 34.0 Å².